The molecule has 2 aromatic rings. The third-order valence-electron chi connectivity index (χ3n) is 3.79. The van der Waals surface area contributed by atoms with Crippen LogP contribution in [0.3, 0.4) is 0 Å². The van der Waals surface area contributed by atoms with Crippen molar-refractivity contribution in [1.29, 1.82) is 0 Å². The summed E-state index contributed by atoms with van der Waals surface area (Å²) >= 11 is 0. The lowest BCUT2D eigenvalue weighted by atomic mass is 9.99. The molecule has 0 saturated heterocycles. The number of carbonyl (C=O) groups is 2. The fourth-order valence-corrected chi connectivity index (χ4v) is 2.27. The zero-order chi connectivity index (χ0) is 15.6. The summed E-state index contributed by atoms with van der Waals surface area (Å²) in [6.07, 6.45) is 0.684. The van der Waals surface area contributed by atoms with Crippen LogP contribution in [-0.4, -0.2) is 28.0 Å². The molecular weight excluding hydrogens is 268 g/mol. The van der Waals surface area contributed by atoms with Gasteiger partial charge < -0.3 is 15.4 Å². The number of carboxylic acids is 1. The second kappa shape index (κ2) is 5.99. The average Bonchev–Trinajstić information content (AvgIpc) is 2.86. The largest absolute Gasteiger partial charge is 0.480 e. The summed E-state index contributed by atoms with van der Waals surface area (Å²) in [6.45, 7) is 5.69. The molecule has 5 nitrogen and oxygen atoms in total. The molecule has 1 aromatic heterocycles. The highest BCUT2D eigenvalue weighted by molar-refractivity contribution is 5.99. The molecule has 0 bridgehead atoms. The Morgan fingerprint density at radius 2 is 2.05 bits per heavy atom. The summed E-state index contributed by atoms with van der Waals surface area (Å²) in [5, 5.41) is 12.7. The van der Waals surface area contributed by atoms with Crippen LogP contribution in [0.15, 0.2) is 24.3 Å². The van der Waals surface area contributed by atoms with E-state index in [1.165, 1.54) is 0 Å². The van der Waals surface area contributed by atoms with Crippen molar-refractivity contribution in [2.45, 2.75) is 33.2 Å². The average molecular weight is 288 g/mol. The minimum absolute atomic E-state index is 0.127. The van der Waals surface area contributed by atoms with Gasteiger partial charge in [0.15, 0.2) is 0 Å². The smallest absolute Gasteiger partial charge is 0.326 e. The first-order chi connectivity index (χ1) is 9.92. The molecule has 0 spiro atoms. The van der Waals surface area contributed by atoms with E-state index in [2.05, 4.69) is 10.3 Å². The van der Waals surface area contributed by atoms with Crippen LogP contribution < -0.4 is 5.32 Å². The van der Waals surface area contributed by atoms with Crippen LogP contribution in [0.4, 0.5) is 0 Å². The van der Waals surface area contributed by atoms with Crippen molar-refractivity contribution in [2.75, 3.05) is 0 Å². The number of hydrogen-bond donors (Lipinski definition) is 3. The second-order valence-corrected chi connectivity index (χ2v) is 5.45. The number of aliphatic carboxylic acids is 1. The Kier molecular flexibility index (Phi) is 4.31. The number of carbonyl (C=O) groups excluding carboxylic acids is 1. The van der Waals surface area contributed by atoms with E-state index in [0.29, 0.717) is 12.1 Å². The van der Waals surface area contributed by atoms with Crippen molar-refractivity contribution >= 4 is 22.8 Å². The zero-order valence-electron chi connectivity index (χ0n) is 12.4. The van der Waals surface area contributed by atoms with E-state index in [1.807, 2.05) is 39.0 Å². The van der Waals surface area contributed by atoms with Crippen LogP contribution in [0.2, 0.25) is 0 Å². The first-order valence-electron chi connectivity index (χ1n) is 7.05. The summed E-state index contributed by atoms with van der Waals surface area (Å²) in [6, 6.07) is 6.71. The van der Waals surface area contributed by atoms with Crippen LogP contribution in [-0.2, 0) is 4.79 Å². The number of aromatic nitrogens is 1. The Balaban J connectivity index is 2.23. The molecule has 2 atom stereocenters. The first kappa shape index (κ1) is 15.1. The lowest BCUT2D eigenvalue weighted by molar-refractivity contribution is -0.140. The van der Waals surface area contributed by atoms with Gasteiger partial charge in [0, 0.05) is 10.9 Å². The maximum atomic E-state index is 12.2. The molecule has 0 aliphatic carbocycles. The van der Waals surface area contributed by atoms with Gasteiger partial charge in [0.05, 0.1) is 0 Å². The SMILES string of the molecule is CC[C@H](C)[C@H](NC(=O)c1cc2ccc(C)cc2[nH]1)C(=O)O. The predicted octanol–water partition coefficient (Wildman–Crippen LogP) is 2.71. The number of carboxylic acid groups (broad SMARTS) is 1. The van der Waals surface area contributed by atoms with Gasteiger partial charge >= 0.3 is 5.97 Å². The lowest BCUT2D eigenvalue weighted by Crippen LogP contribution is -2.45. The molecule has 21 heavy (non-hydrogen) atoms. The number of aromatic amines is 1. The van der Waals surface area contributed by atoms with Crippen LogP contribution in [0, 0.1) is 12.8 Å². The maximum Gasteiger partial charge on any atom is 0.326 e. The zero-order valence-corrected chi connectivity index (χ0v) is 12.4. The standard InChI is InChI=1S/C16H20N2O3/c1-4-10(3)14(16(20)21)18-15(19)13-8-11-6-5-9(2)7-12(11)17-13/h5-8,10,14,17H,4H2,1-3H3,(H,18,19)(H,20,21)/t10-,14-/m0/s1. The van der Waals surface area contributed by atoms with Gasteiger partial charge in [-0.1, -0.05) is 32.4 Å². The molecule has 0 unspecified atom stereocenters. The van der Waals surface area contributed by atoms with Gasteiger partial charge in [0.25, 0.3) is 5.91 Å². The highest BCUT2D eigenvalue weighted by Gasteiger charge is 2.26. The van der Waals surface area contributed by atoms with Gasteiger partial charge in [0.1, 0.15) is 11.7 Å². The molecule has 0 aliphatic rings. The molecule has 0 radical (unpaired) electrons. The Labute approximate surface area is 123 Å². The lowest BCUT2D eigenvalue weighted by Gasteiger charge is -2.19. The van der Waals surface area contributed by atoms with E-state index in [-0.39, 0.29) is 5.92 Å². The molecule has 5 heteroatoms. The highest BCUT2D eigenvalue weighted by Crippen LogP contribution is 2.17. The number of H-pyrrole nitrogens is 1. The van der Waals surface area contributed by atoms with Crippen LogP contribution >= 0.6 is 0 Å². The summed E-state index contributed by atoms with van der Waals surface area (Å²) in [5.74, 6) is -1.53. The Bertz CT molecular complexity index is 675. The van der Waals surface area contributed by atoms with Gasteiger partial charge in [-0.05, 0) is 30.5 Å². The van der Waals surface area contributed by atoms with Crippen LogP contribution in [0.25, 0.3) is 10.9 Å². The molecule has 1 heterocycles. The van der Waals surface area contributed by atoms with E-state index >= 15 is 0 Å². The van der Waals surface area contributed by atoms with Crippen molar-refractivity contribution in [3.63, 3.8) is 0 Å². The summed E-state index contributed by atoms with van der Waals surface area (Å²) < 4.78 is 0. The normalized spacial score (nSPS) is 13.9. The summed E-state index contributed by atoms with van der Waals surface area (Å²) in [7, 11) is 0. The predicted molar refractivity (Wildman–Crippen MR) is 81.4 cm³/mol. The maximum absolute atomic E-state index is 12.2. The van der Waals surface area contributed by atoms with Gasteiger partial charge in [-0.3, -0.25) is 4.79 Å². The number of aryl methyl sites for hydroxylation is 1. The molecule has 1 amide bonds. The van der Waals surface area contributed by atoms with Crippen LogP contribution in [0.5, 0.6) is 0 Å². The molecule has 2 rings (SSSR count). The number of amides is 1. The van der Waals surface area contributed by atoms with Crippen LogP contribution in [0.1, 0.15) is 36.3 Å². The third kappa shape index (κ3) is 3.24. The van der Waals surface area contributed by atoms with E-state index in [0.717, 1.165) is 16.5 Å². The van der Waals surface area contributed by atoms with Gasteiger partial charge in [0.2, 0.25) is 0 Å². The topological polar surface area (TPSA) is 82.2 Å². The van der Waals surface area contributed by atoms with Gasteiger partial charge in [-0.25, -0.2) is 4.79 Å². The molecule has 112 valence electrons. The van der Waals surface area contributed by atoms with E-state index in [9.17, 15) is 14.7 Å². The Hall–Kier alpha value is -2.30. The first-order valence-corrected chi connectivity index (χ1v) is 7.05. The van der Waals surface area contributed by atoms with Crippen molar-refractivity contribution in [2.24, 2.45) is 5.92 Å². The van der Waals surface area contributed by atoms with E-state index < -0.39 is 17.9 Å². The molecule has 3 N–H and O–H groups in total. The minimum atomic E-state index is -1.01. The quantitative estimate of drug-likeness (QED) is 0.791. The number of nitrogens with one attached hydrogen (secondary N) is 2. The molecule has 1 aromatic carbocycles. The molecule has 0 aliphatic heterocycles. The summed E-state index contributed by atoms with van der Waals surface area (Å²) in [4.78, 5) is 26.5. The molecular formula is C16H20N2O3. The summed E-state index contributed by atoms with van der Waals surface area (Å²) in [5.41, 5.74) is 2.35. The highest BCUT2D eigenvalue weighted by atomic mass is 16.4. The van der Waals surface area contributed by atoms with E-state index in [4.69, 9.17) is 0 Å². The number of benzene rings is 1. The van der Waals surface area contributed by atoms with E-state index in [1.54, 1.807) is 6.07 Å². The van der Waals surface area contributed by atoms with Crippen molar-refractivity contribution in [1.82, 2.24) is 10.3 Å². The Morgan fingerprint density at radius 1 is 1.33 bits per heavy atom. The number of hydrogen-bond acceptors (Lipinski definition) is 2. The molecule has 0 saturated carbocycles. The fraction of sp³-hybridized carbons (Fsp3) is 0.375. The fourth-order valence-electron chi connectivity index (χ4n) is 2.27. The van der Waals surface area contributed by atoms with Crippen molar-refractivity contribution in [3.8, 4) is 0 Å². The van der Waals surface area contributed by atoms with Crippen molar-refractivity contribution < 1.29 is 14.7 Å². The Morgan fingerprint density at radius 3 is 2.67 bits per heavy atom. The van der Waals surface area contributed by atoms with Gasteiger partial charge in [-0.15, -0.1) is 0 Å². The molecule has 0 fully saturated rings. The van der Waals surface area contributed by atoms with Gasteiger partial charge in [-0.2, -0.15) is 0 Å². The second-order valence-electron chi connectivity index (χ2n) is 5.45. The number of rotatable bonds is 5. The number of fused-ring (bicyclic) bond motifs is 1. The minimum Gasteiger partial charge on any atom is -0.480 e. The van der Waals surface area contributed by atoms with Crippen molar-refractivity contribution in [3.05, 3.63) is 35.5 Å². The monoisotopic (exact) mass is 288 g/mol. The third-order valence-corrected chi connectivity index (χ3v) is 3.79.